The highest BCUT2D eigenvalue weighted by molar-refractivity contribution is 5.24. The zero-order valence-corrected chi connectivity index (χ0v) is 10.4. The molecule has 2 atom stereocenters. The maximum absolute atomic E-state index is 5.84. The molecule has 0 bridgehead atoms. The van der Waals surface area contributed by atoms with Crippen molar-refractivity contribution in [1.29, 1.82) is 0 Å². The zero-order chi connectivity index (χ0) is 11.6. The summed E-state index contributed by atoms with van der Waals surface area (Å²) in [5.41, 5.74) is 1.09. The van der Waals surface area contributed by atoms with Crippen LogP contribution < -0.4 is 0 Å². The average Bonchev–Trinajstić information content (AvgIpc) is 2.76. The molecule has 0 unspecified atom stereocenters. The molecule has 2 heteroatoms. The van der Waals surface area contributed by atoms with Gasteiger partial charge in [0.15, 0.2) is 0 Å². The fourth-order valence-corrected chi connectivity index (χ4v) is 2.82. The molecule has 0 spiro atoms. The lowest BCUT2D eigenvalue weighted by Gasteiger charge is -2.38. The molecule has 1 aromatic carbocycles. The van der Waals surface area contributed by atoms with Gasteiger partial charge in [-0.2, -0.15) is 0 Å². The normalized spacial score (nSPS) is 25.6. The molecule has 0 amide bonds. The number of benzene rings is 1. The molecule has 16 heavy (non-hydrogen) atoms. The van der Waals surface area contributed by atoms with Gasteiger partial charge in [0.1, 0.15) is 5.60 Å². The molecule has 2 rings (SSSR count). The Morgan fingerprint density at radius 2 is 2.00 bits per heavy atom. The molecule has 1 aliphatic heterocycles. The number of ether oxygens (including phenoxy) is 1. The second-order valence-corrected chi connectivity index (χ2v) is 4.82. The van der Waals surface area contributed by atoms with Crippen LogP contribution in [0.5, 0.6) is 0 Å². The molecule has 0 radical (unpaired) electrons. The summed E-state index contributed by atoms with van der Waals surface area (Å²) in [7, 11) is 4.01. The number of nitrogens with zero attached hydrogens (tertiary/aromatic N) is 1. The number of rotatable bonds is 3. The predicted octanol–water partition coefficient (Wildman–Crippen LogP) is 2.64. The van der Waals surface area contributed by atoms with Crippen molar-refractivity contribution in [2.75, 3.05) is 20.7 Å². The predicted molar refractivity (Wildman–Crippen MR) is 66.5 cm³/mol. The van der Waals surface area contributed by atoms with Crippen molar-refractivity contribution in [3.63, 3.8) is 0 Å². The van der Waals surface area contributed by atoms with Gasteiger partial charge >= 0.3 is 0 Å². The third-order valence-electron chi connectivity index (χ3n) is 3.93. The van der Waals surface area contributed by atoms with Gasteiger partial charge in [0.05, 0.1) is 0 Å². The van der Waals surface area contributed by atoms with E-state index in [4.69, 9.17) is 4.74 Å². The minimum absolute atomic E-state index is 0.188. The molecule has 1 fully saturated rings. The lowest BCUT2D eigenvalue weighted by atomic mass is 9.86. The van der Waals surface area contributed by atoms with E-state index >= 15 is 0 Å². The number of hydrogen-bond donors (Lipinski definition) is 0. The van der Waals surface area contributed by atoms with Gasteiger partial charge in [0.2, 0.25) is 0 Å². The summed E-state index contributed by atoms with van der Waals surface area (Å²) < 4.78 is 5.84. The quantitative estimate of drug-likeness (QED) is 0.775. The first-order valence-corrected chi connectivity index (χ1v) is 5.99. The Labute approximate surface area is 98.2 Å². The number of likely N-dealkylation sites (tertiary alicyclic amines) is 1. The summed E-state index contributed by atoms with van der Waals surface area (Å²) in [4.78, 5) is 2.41. The van der Waals surface area contributed by atoms with E-state index < -0.39 is 0 Å². The van der Waals surface area contributed by atoms with E-state index in [1.54, 1.807) is 0 Å². The third kappa shape index (κ3) is 1.87. The largest absolute Gasteiger partial charge is 0.372 e. The van der Waals surface area contributed by atoms with E-state index in [-0.39, 0.29) is 5.60 Å². The van der Waals surface area contributed by atoms with Crippen molar-refractivity contribution >= 4 is 0 Å². The van der Waals surface area contributed by atoms with Gasteiger partial charge in [0.25, 0.3) is 0 Å². The second-order valence-electron chi connectivity index (χ2n) is 4.82. The standard InChI is InChI=1S/C14H21NO/c1-14(16-3,12-8-5-4-6-9-12)13-10-7-11-15(13)2/h4-6,8-9,13H,7,10-11H2,1-3H3/t13-,14+/m0/s1. The Bertz CT molecular complexity index is 338. The summed E-state index contributed by atoms with van der Waals surface area (Å²) in [6.07, 6.45) is 2.49. The number of methoxy groups -OCH3 is 1. The van der Waals surface area contributed by atoms with Crippen LogP contribution >= 0.6 is 0 Å². The molecule has 0 N–H and O–H groups in total. The van der Waals surface area contributed by atoms with E-state index in [1.807, 2.05) is 7.11 Å². The number of likely N-dealkylation sites (N-methyl/N-ethyl adjacent to an activating group) is 1. The van der Waals surface area contributed by atoms with Crippen LogP contribution in [-0.2, 0) is 10.3 Å². The van der Waals surface area contributed by atoms with E-state index in [0.717, 1.165) is 0 Å². The van der Waals surface area contributed by atoms with Crippen molar-refractivity contribution in [2.45, 2.75) is 31.4 Å². The lowest BCUT2D eigenvalue weighted by Crippen LogP contribution is -2.45. The Hall–Kier alpha value is -0.860. The average molecular weight is 219 g/mol. The van der Waals surface area contributed by atoms with Crippen LogP contribution in [0.2, 0.25) is 0 Å². The van der Waals surface area contributed by atoms with Crippen molar-refractivity contribution in [1.82, 2.24) is 4.90 Å². The van der Waals surface area contributed by atoms with Crippen LogP contribution in [-0.4, -0.2) is 31.6 Å². The smallest absolute Gasteiger partial charge is 0.105 e. The molecule has 88 valence electrons. The van der Waals surface area contributed by atoms with Crippen molar-refractivity contribution in [3.8, 4) is 0 Å². The maximum atomic E-state index is 5.84. The van der Waals surface area contributed by atoms with Gasteiger partial charge in [0, 0.05) is 13.2 Å². The summed E-state index contributed by atoms with van der Waals surface area (Å²) in [6, 6.07) is 11.0. The highest BCUT2D eigenvalue weighted by atomic mass is 16.5. The molecule has 1 heterocycles. The SMILES string of the molecule is CO[C@](C)(c1ccccc1)[C@@H]1CCCN1C. The zero-order valence-electron chi connectivity index (χ0n) is 10.4. The van der Waals surface area contributed by atoms with Crippen LogP contribution in [0.25, 0.3) is 0 Å². The molecule has 0 saturated carbocycles. The highest BCUT2D eigenvalue weighted by Crippen LogP contribution is 2.36. The van der Waals surface area contributed by atoms with Crippen LogP contribution in [0.15, 0.2) is 30.3 Å². The minimum Gasteiger partial charge on any atom is -0.372 e. The Balaban J connectivity index is 2.32. The van der Waals surface area contributed by atoms with E-state index in [9.17, 15) is 0 Å². The van der Waals surface area contributed by atoms with Gasteiger partial charge in [-0.25, -0.2) is 0 Å². The van der Waals surface area contributed by atoms with Gasteiger partial charge in [-0.1, -0.05) is 30.3 Å². The van der Waals surface area contributed by atoms with Crippen LogP contribution in [0.3, 0.4) is 0 Å². The molecule has 1 aliphatic rings. The molecular formula is C14H21NO. The second kappa shape index (κ2) is 4.56. The summed E-state index contributed by atoms with van der Waals surface area (Å²) >= 11 is 0. The van der Waals surface area contributed by atoms with Crippen LogP contribution in [0.4, 0.5) is 0 Å². The fourth-order valence-electron chi connectivity index (χ4n) is 2.82. The lowest BCUT2D eigenvalue weighted by molar-refractivity contribution is -0.0542. The maximum Gasteiger partial charge on any atom is 0.105 e. The Kier molecular flexibility index (Phi) is 3.31. The first kappa shape index (κ1) is 11.6. The van der Waals surface area contributed by atoms with Crippen LogP contribution in [0.1, 0.15) is 25.3 Å². The summed E-state index contributed by atoms with van der Waals surface area (Å²) in [6.45, 7) is 3.38. The first-order valence-electron chi connectivity index (χ1n) is 5.99. The van der Waals surface area contributed by atoms with E-state index in [0.29, 0.717) is 6.04 Å². The Morgan fingerprint density at radius 3 is 2.50 bits per heavy atom. The van der Waals surface area contributed by atoms with Gasteiger partial charge < -0.3 is 9.64 Å². The molecule has 2 nitrogen and oxygen atoms in total. The Morgan fingerprint density at radius 1 is 1.31 bits per heavy atom. The minimum atomic E-state index is -0.188. The van der Waals surface area contributed by atoms with Gasteiger partial charge in [-0.3, -0.25) is 0 Å². The van der Waals surface area contributed by atoms with Gasteiger partial charge in [-0.15, -0.1) is 0 Å². The van der Waals surface area contributed by atoms with Gasteiger partial charge in [-0.05, 0) is 38.9 Å². The monoisotopic (exact) mass is 219 g/mol. The van der Waals surface area contributed by atoms with E-state index in [1.165, 1.54) is 24.9 Å². The van der Waals surface area contributed by atoms with Crippen molar-refractivity contribution in [2.24, 2.45) is 0 Å². The molecule has 1 aromatic rings. The molecular weight excluding hydrogens is 198 g/mol. The first-order chi connectivity index (χ1) is 7.68. The van der Waals surface area contributed by atoms with E-state index in [2.05, 4.69) is 49.2 Å². The molecule has 1 saturated heterocycles. The fraction of sp³-hybridized carbons (Fsp3) is 0.571. The number of hydrogen-bond acceptors (Lipinski definition) is 2. The van der Waals surface area contributed by atoms with Crippen molar-refractivity contribution < 1.29 is 4.74 Å². The summed E-state index contributed by atoms with van der Waals surface area (Å²) in [5, 5.41) is 0. The van der Waals surface area contributed by atoms with Crippen LogP contribution in [0, 0.1) is 0 Å². The topological polar surface area (TPSA) is 12.5 Å². The summed E-state index contributed by atoms with van der Waals surface area (Å²) in [5.74, 6) is 0. The molecule has 0 aliphatic carbocycles. The highest BCUT2D eigenvalue weighted by Gasteiger charge is 2.40. The third-order valence-corrected chi connectivity index (χ3v) is 3.93. The molecule has 0 aromatic heterocycles. The van der Waals surface area contributed by atoms with Crippen molar-refractivity contribution in [3.05, 3.63) is 35.9 Å².